The monoisotopic (exact) mass is 454 g/mol. The molecule has 8 nitrogen and oxygen atoms in total. The van der Waals surface area contributed by atoms with Crippen LogP contribution in [0.1, 0.15) is 43.6 Å². The van der Waals surface area contributed by atoms with Crippen LogP contribution in [0.3, 0.4) is 0 Å². The van der Waals surface area contributed by atoms with E-state index in [1.54, 1.807) is 17.0 Å². The van der Waals surface area contributed by atoms with Crippen molar-refractivity contribution in [2.75, 3.05) is 10.6 Å². The van der Waals surface area contributed by atoms with Gasteiger partial charge in [-0.05, 0) is 56.2 Å². The summed E-state index contributed by atoms with van der Waals surface area (Å²) in [6, 6.07) is 8.00. The lowest BCUT2D eigenvalue weighted by Crippen LogP contribution is -2.22. The van der Waals surface area contributed by atoms with E-state index < -0.39 is 6.61 Å². The van der Waals surface area contributed by atoms with Gasteiger partial charge in [-0.3, -0.25) is 9.36 Å². The number of pyridine rings is 2. The van der Waals surface area contributed by atoms with Crippen LogP contribution in [0.15, 0.2) is 53.8 Å². The number of rotatable bonds is 8. The molecule has 3 aromatic heterocycles. The Hall–Kier alpha value is -3.56. The van der Waals surface area contributed by atoms with Crippen LogP contribution < -0.4 is 20.9 Å². The molecule has 172 valence electrons. The molecule has 0 aliphatic heterocycles. The molecule has 2 aliphatic rings. The van der Waals surface area contributed by atoms with Gasteiger partial charge in [-0.2, -0.15) is 8.78 Å². The molecule has 5 rings (SSSR count). The van der Waals surface area contributed by atoms with Crippen LogP contribution in [0, 0.1) is 0 Å². The summed E-state index contributed by atoms with van der Waals surface area (Å²) in [6.45, 7) is -2.90. The van der Waals surface area contributed by atoms with Crippen molar-refractivity contribution in [1.29, 1.82) is 0 Å². The van der Waals surface area contributed by atoms with Crippen molar-refractivity contribution in [3.8, 4) is 11.4 Å². The number of ether oxygens (including phenoxy) is 1. The Bertz CT molecular complexity index is 1150. The predicted octanol–water partition coefficient (Wildman–Crippen LogP) is 3.95. The van der Waals surface area contributed by atoms with Gasteiger partial charge in [0.1, 0.15) is 5.82 Å². The van der Waals surface area contributed by atoms with Gasteiger partial charge in [0.05, 0.1) is 24.3 Å². The van der Waals surface area contributed by atoms with E-state index in [-0.39, 0.29) is 23.4 Å². The second-order valence-corrected chi connectivity index (χ2v) is 8.43. The second-order valence-electron chi connectivity index (χ2n) is 8.43. The molecule has 0 saturated heterocycles. The lowest BCUT2D eigenvalue weighted by atomic mass is 10.2. The number of nitrogens with one attached hydrogen (secondary N) is 2. The molecule has 2 fully saturated rings. The van der Waals surface area contributed by atoms with Gasteiger partial charge in [-0.25, -0.2) is 15.0 Å². The highest BCUT2D eigenvalue weighted by atomic mass is 19.3. The van der Waals surface area contributed by atoms with Crippen molar-refractivity contribution in [2.24, 2.45) is 0 Å². The molecular formula is C23H24F2N6O2. The molecule has 2 N–H and O–H groups in total. The van der Waals surface area contributed by atoms with Crippen molar-refractivity contribution >= 4 is 11.8 Å². The average Bonchev–Trinajstić information content (AvgIpc) is 3.56. The molecule has 3 heterocycles. The van der Waals surface area contributed by atoms with Gasteiger partial charge in [0.2, 0.25) is 5.95 Å². The fourth-order valence-corrected chi connectivity index (χ4v) is 4.22. The number of hydrogen-bond donors (Lipinski definition) is 2. The predicted molar refractivity (Wildman–Crippen MR) is 119 cm³/mol. The molecule has 33 heavy (non-hydrogen) atoms. The SMILES string of the molecule is O=c1c(C2CC2)cccn1-c1ccc(N[C@H]2CC[C@H](Nc3ncc(OC(F)F)cn3)C2)nc1. The lowest BCUT2D eigenvalue weighted by Gasteiger charge is -2.15. The van der Waals surface area contributed by atoms with Crippen LogP contribution in [-0.2, 0) is 0 Å². The van der Waals surface area contributed by atoms with Crippen LogP contribution in [-0.4, -0.2) is 38.2 Å². The maximum Gasteiger partial charge on any atom is 0.387 e. The molecule has 3 aromatic rings. The lowest BCUT2D eigenvalue weighted by molar-refractivity contribution is -0.0503. The Morgan fingerprint density at radius 2 is 1.73 bits per heavy atom. The summed E-state index contributed by atoms with van der Waals surface area (Å²) < 4.78 is 30.4. The minimum absolute atomic E-state index is 0.0308. The minimum atomic E-state index is -2.90. The standard InChI is InChI=1S/C23H24F2N6O2/c24-22(25)33-18-12-27-23(28-13-18)30-16-6-5-15(10-16)29-20-8-7-17(11-26-20)31-9-1-2-19(21(31)32)14-3-4-14/h1-2,7-9,11-16,22H,3-6,10H2,(H,26,29)(H,27,28,30)/t15-,16-/m0/s1. The van der Waals surface area contributed by atoms with Gasteiger partial charge in [-0.15, -0.1) is 0 Å². The van der Waals surface area contributed by atoms with Crippen LogP contribution >= 0.6 is 0 Å². The molecule has 2 atom stereocenters. The van der Waals surface area contributed by atoms with Gasteiger partial charge in [0.15, 0.2) is 5.75 Å². The van der Waals surface area contributed by atoms with Gasteiger partial charge in [0.25, 0.3) is 5.56 Å². The van der Waals surface area contributed by atoms with Crippen LogP contribution in [0.4, 0.5) is 20.5 Å². The molecular weight excluding hydrogens is 430 g/mol. The summed E-state index contributed by atoms with van der Waals surface area (Å²) in [5.41, 5.74) is 1.66. The third-order valence-electron chi connectivity index (χ3n) is 5.99. The number of halogens is 2. The number of alkyl halides is 2. The number of aromatic nitrogens is 4. The molecule has 0 aromatic carbocycles. The summed E-state index contributed by atoms with van der Waals surface area (Å²) in [5, 5.41) is 6.67. The zero-order valence-corrected chi connectivity index (χ0v) is 17.8. The maximum atomic E-state index is 12.7. The fraction of sp³-hybridized carbons (Fsp3) is 0.391. The zero-order chi connectivity index (χ0) is 22.8. The molecule has 0 bridgehead atoms. The summed E-state index contributed by atoms with van der Waals surface area (Å²) in [7, 11) is 0. The van der Waals surface area contributed by atoms with E-state index in [9.17, 15) is 13.6 Å². The first-order valence-electron chi connectivity index (χ1n) is 11.0. The summed E-state index contributed by atoms with van der Waals surface area (Å²) >= 11 is 0. The van der Waals surface area contributed by atoms with Gasteiger partial charge in [0, 0.05) is 23.8 Å². The first-order chi connectivity index (χ1) is 16.0. The van der Waals surface area contributed by atoms with E-state index in [1.165, 1.54) is 12.4 Å². The molecule has 0 amide bonds. The summed E-state index contributed by atoms with van der Waals surface area (Å²) in [5.74, 6) is 1.46. The van der Waals surface area contributed by atoms with Gasteiger partial charge in [-0.1, -0.05) is 6.07 Å². The molecule has 2 saturated carbocycles. The van der Waals surface area contributed by atoms with E-state index in [0.717, 1.165) is 49.2 Å². The topological polar surface area (TPSA) is 94.0 Å². The maximum absolute atomic E-state index is 12.7. The third kappa shape index (κ3) is 5.10. The second kappa shape index (κ2) is 9.13. The molecule has 0 unspecified atom stereocenters. The van der Waals surface area contributed by atoms with Crippen molar-refractivity contribution in [3.63, 3.8) is 0 Å². The first-order valence-corrected chi connectivity index (χ1v) is 11.0. The van der Waals surface area contributed by atoms with E-state index in [0.29, 0.717) is 11.9 Å². The van der Waals surface area contributed by atoms with Crippen LogP contribution in [0.2, 0.25) is 0 Å². The van der Waals surface area contributed by atoms with E-state index in [4.69, 9.17) is 0 Å². The van der Waals surface area contributed by atoms with Gasteiger partial charge < -0.3 is 15.4 Å². The molecule has 0 radical (unpaired) electrons. The first kappa shape index (κ1) is 21.3. The van der Waals surface area contributed by atoms with E-state index >= 15 is 0 Å². The van der Waals surface area contributed by atoms with Crippen molar-refractivity contribution in [1.82, 2.24) is 19.5 Å². The Morgan fingerprint density at radius 1 is 0.970 bits per heavy atom. The number of hydrogen-bond acceptors (Lipinski definition) is 7. The Labute approximate surface area is 189 Å². The number of anilines is 2. The largest absolute Gasteiger partial charge is 0.432 e. The van der Waals surface area contributed by atoms with E-state index in [2.05, 4.69) is 30.3 Å². The van der Waals surface area contributed by atoms with Crippen LogP contribution in [0.25, 0.3) is 5.69 Å². The molecule has 10 heteroatoms. The normalized spacial score (nSPS) is 20.1. The highest BCUT2D eigenvalue weighted by Crippen LogP contribution is 2.38. The third-order valence-corrected chi connectivity index (χ3v) is 5.99. The highest BCUT2D eigenvalue weighted by molar-refractivity contribution is 5.42. The zero-order valence-electron chi connectivity index (χ0n) is 17.8. The number of nitrogens with zero attached hydrogens (tertiary/aromatic N) is 4. The molecule has 0 spiro atoms. The smallest absolute Gasteiger partial charge is 0.387 e. The fourth-order valence-electron chi connectivity index (χ4n) is 4.22. The van der Waals surface area contributed by atoms with Gasteiger partial charge >= 0.3 is 6.61 Å². The Kier molecular flexibility index (Phi) is 5.89. The summed E-state index contributed by atoms with van der Waals surface area (Å²) in [6.07, 6.45) is 10.8. The molecule has 2 aliphatic carbocycles. The Morgan fingerprint density at radius 3 is 2.39 bits per heavy atom. The van der Waals surface area contributed by atoms with Crippen molar-refractivity contribution < 1.29 is 13.5 Å². The van der Waals surface area contributed by atoms with E-state index in [1.807, 2.05) is 24.3 Å². The van der Waals surface area contributed by atoms with Crippen molar-refractivity contribution in [3.05, 3.63) is 65.0 Å². The van der Waals surface area contributed by atoms with Crippen LogP contribution in [0.5, 0.6) is 5.75 Å². The highest BCUT2D eigenvalue weighted by Gasteiger charge is 2.27. The van der Waals surface area contributed by atoms with Crippen molar-refractivity contribution in [2.45, 2.75) is 56.7 Å². The summed E-state index contributed by atoms with van der Waals surface area (Å²) in [4.78, 5) is 25.3. The Balaban J connectivity index is 1.16. The quantitative estimate of drug-likeness (QED) is 0.532. The average molecular weight is 454 g/mol. The minimum Gasteiger partial charge on any atom is -0.432 e.